The zero-order valence-corrected chi connectivity index (χ0v) is 14.5. The topological polar surface area (TPSA) is 66.5 Å². The maximum absolute atomic E-state index is 12.7. The van der Waals surface area contributed by atoms with E-state index in [2.05, 4.69) is 21.2 Å². The van der Waals surface area contributed by atoms with Crippen LogP contribution in [0.25, 0.3) is 6.08 Å². The van der Waals surface area contributed by atoms with Gasteiger partial charge in [0.05, 0.1) is 5.69 Å². The van der Waals surface area contributed by atoms with Gasteiger partial charge in [-0.15, -0.1) is 0 Å². The molecule has 1 fully saturated rings. The van der Waals surface area contributed by atoms with E-state index in [-0.39, 0.29) is 5.57 Å². The predicted octanol–water partition coefficient (Wildman–Crippen LogP) is 3.77. The smallest absolute Gasteiger partial charge is 0.273 e. The van der Waals surface area contributed by atoms with Crippen LogP contribution < -0.4 is 10.2 Å². The molecule has 0 unspecified atom stereocenters. The van der Waals surface area contributed by atoms with Crippen molar-refractivity contribution in [3.8, 4) is 0 Å². The van der Waals surface area contributed by atoms with Crippen molar-refractivity contribution in [1.29, 1.82) is 0 Å². The largest absolute Gasteiger partial charge is 0.335 e. The van der Waals surface area contributed by atoms with Crippen molar-refractivity contribution in [2.75, 3.05) is 4.90 Å². The highest BCUT2D eigenvalue weighted by molar-refractivity contribution is 9.10. The number of urea groups is 1. The number of rotatable bonds is 2. The number of carbonyl (C=O) groups is 3. The lowest BCUT2D eigenvalue weighted by Gasteiger charge is -2.26. The molecule has 5 nitrogen and oxygen atoms in total. The van der Waals surface area contributed by atoms with E-state index in [1.807, 2.05) is 0 Å². The standard InChI is InChI=1S/C17H10BrClN2O3/c18-11-4-2-6-13(9-11)21-16(23)14(15(22)20-17(21)24)8-10-3-1-5-12(19)7-10/h1-9H,(H,20,22,24)/b14-8-. The number of benzene rings is 2. The summed E-state index contributed by atoms with van der Waals surface area (Å²) in [4.78, 5) is 37.7. The van der Waals surface area contributed by atoms with Crippen molar-refractivity contribution in [3.05, 3.63) is 69.2 Å². The summed E-state index contributed by atoms with van der Waals surface area (Å²) < 4.78 is 0.706. The number of carbonyl (C=O) groups excluding carboxylic acids is 3. The molecule has 24 heavy (non-hydrogen) atoms. The first kappa shape index (κ1) is 16.4. The first-order valence-corrected chi connectivity index (χ1v) is 8.05. The average Bonchev–Trinajstić information content (AvgIpc) is 2.51. The van der Waals surface area contributed by atoms with Gasteiger partial charge in [0, 0.05) is 9.50 Å². The molecule has 1 heterocycles. The normalized spacial score (nSPS) is 16.5. The molecule has 3 rings (SSSR count). The van der Waals surface area contributed by atoms with Crippen LogP contribution in [0.4, 0.5) is 10.5 Å². The fourth-order valence-corrected chi connectivity index (χ4v) is 2.86. The molecule has 0 bridgehead atoms. The van der Waals surface area contributed by atoms with Crippen LogP contribution in [0.15, 0.2) is 58.6 Å². The molecule has 0 saturated carbocycles. The second kappa shape index (κ2) is 6.59. The molecule has 1 N–H and O–H groups in total. The quantitative estimate of drug-likeness (QED) is 0.611. The average molecular weight is 406 g/mol. The zero-order valence-electron chi connectivity index (χ0n) is 12.1. The lowest BCUT2D eigenvalue weighted by molar-refractivity contribution is -0.122. The van der Waals surface area contributed by atoms with Gasteiger partial charge in [-0.25, -0.2) is 9.69 Å². The fourth-order valence-electron chi connectivity index (χ4n) is 2.27. The lowest BCUT2D eigenvalue weighted by atomic mass is 10.1. The van der Waals surface area contributed by atoms with Crippen molar-refractivity contribution in [2.45, 2.75) is 0 Å². The number of halogens is 2. The highest BCUT2D eigenvalue weighted by Gasteiger charge is 2.36. The lowest BCUT2D eigenvalue weighted by Crippen LogP contribution is -2.54. The van der Waals surface area contributed by atoms with E-state index >= 15 is 0 Å². The monoisotopic (exact) mass is 404 g/mol. The zero-order chi connectivity index (χ0) is 17.3. The maximum atomic E-state index is 12.7. The number of nitrogens with zero attached hydrogens (tertiary/aromatic N) is 1. The summed E-state index contributed by atoms with van der Waals surface area (Å²) in [7, 11) is 0. The Morgan fingerprint density at radius 3 is 2.50 bits per heavy atom. The fraction of sp³-hybridized carbons (Fsp3) is 0. The number of anilines is 1. The Hall–Kier alpha value is -2.44. The van der Waals surface area contributed by atoms with Gasteiger partial charge in [-0.1, -0.05) is 45.7 Å². The first-order valence-electron chi connectivity index (χ1n) is 6.88. The van der Waals surface area contributed by atoms with Crippen LogP contribution in [0.5, 0.6) is 0 Å². The highest BCUT2D eigenvalue weighted by Crippen LogP contribution is 2.25. The number of hydrogen-bond donors (Lipinski definition) is 1. The van der Waals surface area contributed by atoms with Crippen molar-refractivity contribution >= 4 is 57.1 Å². The Morgan fingerprint density at radius 1 is 1.04 bits per heavy atom. The van der Waals surface area contributed by atoms with E-state index in [9.17, 15) is 14.4 Å². The second-order valence-corrected chi connectivity index (χ2v) is 6.34. The van der Waals surface area contributed by atoms with Crippen molar-refractivity contribution < 1.29 is 14.4 Å². The third-order valence-corrected chi connectivity index (χ3v) is 4.06. The molecule has 1 saturated heterocycles. The van der Waals surface area contributed by atoms with E-state index in [0.29, 0.717) is 20.7 Å². The van der Waals surface area contributed by atoms with Crippen molar-refractivity contribution in [2.24, 2.45) is 0 Å². The van der Waals surface area contributed by atoms with Crippen LogP contribution in [0, 0.1) is 0 Å². The van der Waals surface area contributed by atoms with Crippen LogP contribution in [0.2, 0.25) is 5.02 Å². The molecule has 1 aliphatic rings. The molecule has 0 spiro atoms. The van der Waals surface area contributed by atoms with E-state index in [1.165, 1.54) is 6.08 Å². The van der Waals surface area contributed by atoms with Gasteiger partial charge < -0.3 is 0 Å². The number of amides is 4. The van der Waals surface area contributed by atoms with Crippen LogP contribution >= 0.6 is 27.5 Å². The van der Waals surface area contributed by atoms with Gasteiger partial charge >= 0.3 is 6.03 Å². The highest BCUT2D eigenvalue weighted by atomic mass is 79.9. The Morgan fingerprint density at radius 2 is 1.79 bits per heavy atom. The summed E-state index contributed by atoms with van der Waals surface area (Å²) in [5.41, 5.74) is 0.803. The molecule has 2 aromatic carbocycles. The van der Waals surface area contributed by atoms with Crippen LogP contribution in [-0.4, -0.2) is 17.8 Å². The number of barbiturate groups is 1. The Bertz CT molecular complexity index is 895. The second-order valence-electron chi connectivity index (χ2n) is 4.99. The van der Waals surface area contributed by atoms with Gasteiger partial charge in [-0.05, 0) is 42.0 Å². The summed E-state index contributed by atoms with van der Waals surface area (Å²) in [5.74, 6) is -1.43. The summed E-state index contributed by atoms with van der Waals surface area (Å²) >= 11 is 9.21. The summed E-state index contributed by atoms with van der Waals surface area (Å²) in [5, 5.41) is 2.65. The minimum absolute atomic E-state index is 0.142. The van der Waals surface area contributed by atoms with E-state index in [1.54, 1.807) is 48.5 Å². The molecule has 4 amide bonds. The third-order valence-electron chi connectivity index (χ3n) is 3.33. The molecule has 7 heteroatoms. The Labute approximate surface area is 151 Å². The summed E-state index contributed by atoms with van der Waals surface area (Å²) in [6.45, 7) is 0. The van der Waals surface area contributed by atoms with Gasteiger partial charge in [0.15, 0.2) is 0 Å². The predicted molar refractivity (Wildman–Crippen MR) is 94.6 cm³/mol. The minimum Gasteiger partial charge on any atom is -0.273 e. The van der Waals surface area contributed by atoms with E-state index in [0.717, 1.165) is 4.90 Å². The number of hydrogen-bond acceptors (Lipinski definition) is 3. The van der Waals surface area contributed by atoms with E-state index in [4.69, 9.17) is 11.6 Å². The van der Waals surface area contributed by atoms with Crippen molar-refractivity contribution in [1.82, 2.24) is 5.32 Å². The van der Waals surface area contributed by atoms with Crippen LogP contribution in [0.1, 0.15) is 5.56 Å². The Kier molecular flexibility index (Phi) is 4.51. The SMILES string of the molecule is O=C1NC(=O)N(c2cccc(Br)c2)C(=O)/C1=C\c1cccc(Cl)c1. The molecular formula is C17H10BrClN2O3. The molecule has 1 aliphatic heterocycles. The van der Waals surface area contributed by atoms with E-state index < -0.39 is 17.8 Å². The molecule has 0 radical (unpaired) electrons. The molecular weight excluding hydrogens is 396 g/mol. The van der Waals surface area contributed by atoms with Crippen LogP contribution in [0.3, 0.4) is 0 Å². The molecule has 0 aromatic heterocycles. The van der Waals surface area contributed by atoms with Gasteiger partial charge in [-0.2, -0.15) is 0 Å². The third kappa shape index (κ3) is 3.25. The first-order chi connectivity index (χ1) is 11.5. The molecule has 2 aromatic rings. The summed E-state index contributed by atoms with van der Waals surface area (Å²) in [6.07, 6.45) is 1.40. The van der Waals surface area contributed by atoms with Gasteiger partial charge in [0.25, 0.3) is 11.8 Å². The minimum atomic E-state index is -0.786. The van der Waals surface area contributed by atoms with Gasteiger partial charge in [-0.3, -0.25) is 14.9 Å². The molecule has 0 aliphatic carbocycles. The maximum Gasteiger partial charge on any atom is 0.335 e. The Balaban J connectivity index is 2.03. The molecule has 120 valence electrons. The number of imide groups is 2. The van der Waals surface area contributed by atoms with Gasteiger partial charge in [0.2, 0.25) is 0 Å². The number of nitrogens with one attached hydrogen (secondary N) is 1. The van der Waals surface area contributed by atoms with Crippen LogP contribution in [-0.2, 0) is 9.59 Å². The van der Waals surface area contributed by atoms with Gasteiger partial charge in [0.1, 0.15) is 5.57 Å². The summed E-state index contributed by atoms with van der Waals surface area (Å²) in [6, 6.07) is 12.6. The molecule has 0 atom stereocenters. The van der Waals surface area contributed by atoms with Crippen molar-refractivity contribution in [3.63, 3.8) is 0 Å².